The number of aromatic nitrogens is 6. The van der Waals surface area contributed by atoms with Gasteiger partial charge in [-0.3, -0.25) is 14.3 Å². The predicted molar refractivity (Wildman–Crippen MR) is 114 cm³/mol. The van der Waals surface area contributed by atoms with E-state index in [-0.39, 0.29) is 23.9 Å². The van der Waals surface area contributed by atoms with Gasteiger partial charge in [0.2, 0.25) is 11.9 Å². The van der Waals surface area contributed by atoms with Crippen LogP contribution in [0.15, 0.2) is 23.4 Å². The van der Waals surface area contributed by atoms with Gasteiger partial charge >= 0.3 is 0 Å². The van der Waals surface area contributed by atoms with Gasteiger partial charge in [-0.15, -0.1) is 0 Å². The number of amides is 1. The van der Waals surface area contributed by atoms with Crippen molar-refractivity contribution in [2.75, 3.05) is 44.3 Å². The van der Waals surface area contributed by atoms with Crippen LogP contribution in [0.2, 0.25) is 0 Å². The van der Waals surface area contributed by atoms with Gasteiger partial charge < -0.3 is 14.5 Å². The van der Waals surface area contributed by atoms with E-state index in [1.165, 1.54) is 0 Å². The molecule has 1 N–H and O–H groups in total. The molecule has 4 rings (SSSR count). The summed E-state index contributed by atoms with van der Waals surface area (Å²) in [6.07, 6.45) is 4.13. The van der Waals surface area contributed by atoms with E-state index >= 15 is 0 Å². The number of piperazine rings is 1. The van der Waals surface area contributed by atoms with E-state index in [4.69, 9.17) is 4.74 Å². The summed E-state index contributed by atoms with van der Waals surface area (Å²) in [6, 6.07) is -0.121. The molecule has 0 aliphatic carbocycles. The molecule has 0 aromatic carbocycles. The Morgan fingerprint density at radius 1 is 1.22 bits per heavy atom. The number of hydrogen-bond donors (Lipinski definition) is 1. The highest BCUT2D eigenvalue weighted by molar-refractivity contribution is 5.79. The van der Waals surface area contributed by atoms with Gasteiger partial charge in [0.05, 0.1) is 60.9 Å². The second-order valence-electron chi connectivity index (χ2n) is 7.73. The Hall–Kier alpha value is -3.41. The number of nitrogens with zero attached hydrogens (tertiary/aromatic N) is 7. The van der Waals surface area contributed by atoms with Crippen LogP contribution in [0, 0.1) is 12.7 Å². The molecular weight excluding hydrogens is 419 g/mol. The van der Waals surface area contributed by atoms with E-state index in [2.05, 4.69) is 25.3 Å². The number of nitrogens with one attached hydrogen (secondary N) is 1. The van der Waals surface area contributed by atoms with Crippen molar-refractivity contribution < 1.29 is 13.9 Å². The maximum absolute atomic E-state index is 13.0. The summed E-state index contributed by atoms with van der Waals surface area (Å²) in [6.45, 7) is 6.65. The Morgan fingerprint density at radius 2 is 1.94 bits per heavy atom. The van der Waals surface area contributed by atoms with Crippen LogP contribution in [-0.4, -0.2) is 80.1 Å². The van der Waals surface area contributed by atoms with Crippen molar-refractivity contribution in [1.29, 1.82) is 0 Å². The van der Waals surface area contributed by atoms with Gasteiger partial charge in [0.25, 0.3) is 5.56 Å². The number of ether oxygens (including phenoxy) is 1. The van der Waals surface area contributed by atoms with Gasteiger partial charge in [0.1, 0.15) is 0 Å². The SMILES string of the molecule is Cc1nn(C(C)COCCC(=O)N2CCN(c3ncc(F)cn3)CC2)c2cn[nH]c(=O)c12. The van der Waals surface area contributed by atoms with Gasteiger partial charge in [0, 0.05) is 26.2 Å². The number of fused-ring (bicyclic) bond motifs is 1. The molecule has 0 spiro atoms. The molecule has 170 valence electrons. The highest BCUT2D eigenvalue weighted by Crippen LogP contribution is 2.17. The lowest BCUT2D eigenvalue weighted by atomic mass is 10.3. The van der Waals surface area contributed by atoms with Crippen molar-refractivity contribution in [3.05, 3.63) is 40.5 Å². The van der Waals surface area contributed by atoms with Crippen molar-refractivity contribution in [2.24, 2.45) is 0 Å². The van der Waals surface area contributed by atoms with Gasteiger partial charge in [-0.05, 0) is 13.8 Å². The first-order chi connectivity index (χ1) is 15.4. The maximum Gasteiger partial charge on any atom is 0.275 e. The third-order valence-corrected chi connectivity index (χ3v) is 5.46. The molecule has 11 nitrogen and oxygen atoms in total. The molecule has 3 aromatic rings. The Labute approximate surface area is 183 Å². The fourth-order valence-corrected chi connectivity index (χ4v) is 3.78. The lowest BCUT2D eigenvalue weighted by Crippen LogP contribution is -2.49. The summed E-state index contributed by atoms with van der Waals surface area (Å²) in [5.41, 5.74) is 1.02. The van der Waals surface area contributed by atoms with E-state index in [0.717, 1.165) is 12.4 Å². The molecule has 1 fully saturated rings. The van der Waals surface area contributed by atoms with Crippen LogP contribution in [0.25, 0.3) is 10.9 Å². The zero-order valence-corrected chi connectivity index (χ0v) is 18.0. The fourth-order valence-electron chi connectivity index (χ4n) is 3.78. The summed E-state index contributed by atoms with van der Waals surface area (Å²) < 4.78 is 20.4. The number of aromatic amines is 1. The molecule has 4 heterocycles. The highest BCUT2D eigenvalue weighted by Gasteiger charge is 2.22. The summed E-state index contributed by atoms with van der Waals surface area (Å²) in [5.74, 6) is 0.0147. The number of hydrogen-bond acceptors (Lipinski definition) is 8. The molecule has 1 amide bonds. The Kier molecular flexibility index (Phi) is 6.40. The van der Waals surface area contributed by atoms with Crippen molar-refractivity contribution in [1.82, 2.24) is 34.8 Å². The van der Waals surface area contributed by atoms with Gasteiger partial charge in [-0.2, -0.15) is 10.2 Å². The molecular formula is C20H25FN8O3. The quantitative estimate of drug-likeness (QED) is 0.528. The van der Waals surface area contributed by atoms with Crippen molar-refractivity contribution in [3.63, 3.8) is 0 Å². The Balaban J connectivity index is 1.22. The van der Waals surface area contributed by atoms with E-state index < -0.39 is 5.82 Å². The molecule has 1 aliphatic heterocycles. The number of carbonyl (C=O) groups excluding carboxylic acids is 1. The molecule has 1 aliphatic rings. The number of rotatable bonds is 7. The number of halogens is 1. The molecule has 0 radical (unpaired) electrons. The number of carbonyl (C=O) groups is 1. The van der Waals surface area contributed by atoms with Gasteiger partial charge in [0.15, 0.2) is 5.82 Å². The maximum atomic E-state index is 13.0. The highest BCUT2D eigenvalue weighted by atomic mass is 19.1. The van der Waals surface area contributed by atoms with E-state index in [1.807, 2.05) is 11.8 Å². The normalized spacial score (nSPS) is 15.3. The third kappa shape index (κ3) is 4.59. The van der Waals surface area contributed by atoms with Crippen LogP contribution < -0.4 is 10.5 Å². The van der Waals surface area contributed by atoms with E-state index in [9.17, 15) is 14.0 Å². The molecule has 1 atom stereocenters. The standard InChI is InChI=1S/C20H25FN8O3/c1-13(29-16-11-24-25-19(31)18(16)14(2)26-29)12-32-8-3-17(30)27-4-6-28(7-5-27)20-22-9-15(21)10-23-20/h9-11,13H,3-8,12H2,1-2H3,(H,25,31). The fraction of sp³-hybridized carbons (Fsp3) is 0.500. The third-order valence-electron chi connectivity index (χ3n) is 5.46. The molecule has 1 saturated heterocycles. The minimum Gasteiger partial charge on any atom is -0.379 e. The first-order valence-corrected chi connectivity index (χ1v) is 10.4. The number of aryl methyl sites for hydroxylation is 1. The van der Waals surface area contributed by atoms with Crippen LogP contribution in [0.5, 0.6) is 0 Å². The summed E-state index contributed by atoms with van der Waals surface area (Å²) in [4.78, 5) is 36.2. The monoisotopic (exact) mass is 444 g/mol. The largest absolute Gasteiger partial charge is 0.379 e. The predicted octanol–water partition coefficient (Wildman–Crippen LogP) is 0.674. The average molecular weight is 444 g/mol. The lowest BCUT2D eigenvalue weighted by molar-refractivity contribution is -0.132. The zero-order valence-electron chi connectivity index (χ0n) is 18.0. The van der Waals surface area contributed by atoms with Crippen LogP contribution in [0.3, 0.4) is 0 Å². The molecule has 0 saturated carbocycles. The van der Waals surface area contributed by atoms with Crippen LogP contribution in [-0.2, 0) is 9.53 Å². The second-order valence-corrected chi connectivity index (χ2v) is 7.73. The molecule has 0 bridgehead atoms. The van der Waals surface area contributed by atoms with Crippen molar-refractivity contribution in [3.8, 4) is 0 Å². The van der Waals surface area contributed by atoms with Crippen LogP contribution in [0.1, 0.15) is 25.1 Å². The minimum absolute atomic E-state index is 0.0217. The van der Waals surface area contributed by atoms with Crippen molar-refractivity contribution in [2.45, 2.75) is 26.3 Å². The van der Waals surface area contributed by atoms with E-state index in [0.29, 0.717) is 61.9 Å². The van der Waals surface area contributed by atoms with Crippen LogP contribution in [0.4, 0.5) is 10.3 Å². The Bertz CT molecular complexity index is 1140. The average Bonchev–Trinajstić information content (AvgIpc) is 3.15. The lowest BCUT2D eigenvalue weighted by Gasteiger charge is -2.34. The van der Waals surface area contributed by atoms with Gasteiger partial charge in [-0.25, -0.2) is 19.5 Å². The van der Waals surface area contributed by atoms with E-state index in [1.54, 1.807) is 22.7 Å². The molecule has 12 heteroatoms. The molecule has 1 unspecified atom stereocenters. The number of anilines is 1. The first-order valence-electron chi connectivity index (χ1n) is 10.4. The smallest absolute Gasteiger partial charge is 0.275 e. The molecule has 3 aromatic heterocycles. The topological polar surface area (TPSA) is 122 Å². The first kappa shape index (κ1) is 21.8. The minimum atomic E-state index is -0.474. The summed E-state index contributed by atoms with van der Waals surface area (Å²) >= 11 is 0. The van der Waals surface area contributed by atoms with Gasteiger partial charge in [-0.1, -0.05) is 0 Å². The zero-order chi connectivity index (χ0) is 22.7. The number of H-pyrrole nitrogens is 1. The van der Waals surface area contributed by atoms with Crippen LogP contribution >= 0.6 is 0 Å². The van der Waals surface area contributed by atoms with Crippen molar-refractivity contribution >= 4 is 22.8 Å². The second kappa shape index (κ2) is 9.39. The summed E-state index contributed by atoms with van der Waals surface area (Å²) in [5, 5.41) is 11.2. The Morgan fingerprint density at radius 3 is 2.66 bits per heavy atom. The summed E-state index contributed by atoms with van der Waals surface area (Å²) in [7, 11) is 0. The molecule has 32 heavy (non-hydrogen) atoms.